The molecule has 4 aromatic rings. The minimum atomic E-state index is -0.467. The number of benzene rings is 2. The van der Waals surface area contributed by atoms with Gasteiger partial charge in [0.05, 0.1) is 16.9 Å². The lowest BCUT2D eigenvalue weighted by Gasteiger charge is -2.23. The Hall–Kier alpha value is -4.11. The van der Waals surface area contributed by atoms with Gasteiger partial charge in [-0.1, -0.05) is 12.1 Å². The number of anilines is 2. The van der Waals surface area contributed by atoms with Crippen molar-refractivity contribution in [2.75, 3.05) is 23.7 Å². The molecule has 0 unspecified atom stereocenters. The number of rotatable bonds is 8. The molecule has 41 heavy (non-hydrogen) atoms. The predicted molar refractivity (Wildman–Crippen MR) is 157 cm³/mol. The number of pyridine rings is 1. The fraction of sp³-hybridized carbons (Fsp3) is 0.375. The Morgan fingerprint density at radius 1 is 1.12 bits per heavy atom. The maximum Gasteiger partial charge on any atom is 0.228 e. The summed E-state index contributed by atoms with van der Waals surface area (Å²) < 4.78 is 21.5. The van der Waals surface area contributed by atoms with Gasteiger partial charge < -0.3 is 20.7 Å². The fourth-order valence-electron chi connectivity index (χ4n) is 6.13. The van der Waals surface area contributed by atoms with Crippen LogP contribution in [-0.4, -0.2) is 40.0 Å². The molecule has 7 rings (SSSR count). The molecule has 2 atom stereocenters. The van der Waals surface area contributed by atoms with E-state index in [1.807, 2.05) is 37.3 Å². The SMILES string of the molecule is Cc1ccc2c(NC(=O)C[C@H]3CC34CC4)c(F)ccc2c1Oc1ncccc1-c1ccnc(N[C@H]2CCCNC2)n1. The first kappa shape index (κ1) is 25.8. The highest BCUT2D eigenvalue weighted by Gasteiger charge is 2.62. The van der Waals surface area contributed by atoms with Gasteiger partial charge in [-0.25, -0.2) is 19.3 Å². The number of nitrogens with zero attached hydrogens (tertiary/aromatic N) is 3. The number of fused-ring (bicyclic) bond motifs is 1. The quantitative estimate of drug-likeness (QED) is 0.238. The lowest BCUT2D eigenvalue weighted by Crippen LogP contribution is -2.38. The molecule has 2 saturated carbocycles. The van der Waals surface area contributed by atoms with Crippen LogP contribution in [0.25, 0.3) is 22.0 Å². The van der Waals surface area contributed by atoms with Crippen molar-refractivity contribution in [3.63, 3.8) is 0 Å². The highest BCUT2D eigenvalue weighted by Crippen LogP contribution is 2.71. The molecule has 3 fully saturated rings. The van der Waals surface area contributed by atoms with Crippen molar-refractivity contribution in [1.29, 1.82) is 0 Å². The first-order valence-corrected chi connectivity index (χ1v) is 14.4. The first-order valence-electron chi connectivity index (χ1n) is 14.4. The highest BCUT2D eigenvalue weighted by atomic mass is 19.1. The van der Waals surface area contributed by atoms with Crippen molar-refractivity contribution in [2.45, 2.75) is 51.5 Å². The molecule has 1 spiro atoms. The number of halogens is 1. The van der Waals surface area contributed by atoms with Crippen molar-refractivity contribution >= 4 is 28.3 Å². The Morgan fingerprint density at radius 3 is 2.80 bits per heavy atom. The first-order chi connectivity index (χ1) is 20.0. The Bertz CT molecular complexity index is 1630. The summed E-state index contributed by atoms with van der Waals surface area (Å²) in [6, 6.07) is 12.6. The van der Waals surface area contributed by atoms with Crippen LogP contribution in [0.1, 0.15) is 44.1 Å². The van der Waals surface area contributed by atoms with Gasteiger partial charge in [0.2, 0.25) is 17.7 Å². The number of hydrogen-bond acceptors (Lipinski definition) is 7. The largest absolute Gasteiger partial charge is 0.437 e. The average molecular weight is 553 g/mol. The fourth-order valence-corrected chi connectivity index (χ4v) is 6.13. The summed E-state index contributed by atoms with van der Waals surface area (Å²) in [4.78, 5) is 26.5. The van der Waals surface area contributed by atoms with Crippen molar-refractivity contribution in [3.05, 3.63) is 66.2 Å². The maximum atomic E-state index is 15.1. The lowest BCUT2D eigenvalue weighted by molar-refractivity contribution is -0.116. The molecule has 3 heterocycles. The minimum absolute atomic E-state index is 0.141. The van der Waals surface area contributed by atoms with E-state index in [9.17, 15) is 4.79 Å². The molecule has 3 N–H and O–H groups in total. The van der Waals surface area contributed by atoms with Crippen LogP contribution in [0.4, 0.5) is 16.0 Å². The third-order valence-electron chi connectivity index (χ3n) is 8.78. The molecule has 2 aromatic heterocycles. The van der Waals surface area contributed by atoms with E-state index in [2.05, 4.69) is 25.9 Å². The number of piperidine rings is 1. The normalized spacial score (nSPS) is 20.5. The topological polar surface area (TPSA) is 101 Å². The Morgan fingerprint density at radius 2 is 2.00 bits per heavy atom. The van der Waals surface area contributed by atoms with Crippen LogP contribution in [0.2, 0.25) is 0 Å². The second-order valence-electron chi connectivity index (χ2n) is 11.7. The van der Waals surface area contributed by atoms with Gasteiger partial charge in [-0.15, -0.1) is 0 Å². The zero-order valence-electron chi connectivity index (χ0n) is 23.0. The van der Waals surface area contributed by atoms with Crippen LogP contribution in [0.15, 0.2) is 54.9 Å². The molecule has 8 nitrogen and oxygen atoms in total. The second-order valence-corrected chi connectivity index (χ2v) is 11.7. The van der Waals surface area contributed by atoms with E-state index in [1.54, 1.807) is 18.5 Å². The van der Waals surface area contributed by atoms with Gasteiger partial charge in [0.1, 0.15) is 11.6 Å². The molecule has 210 valence electrons. The van der Waals surface area contributed by atoms with Crippen LogP contribution in [-0.2, 0) is 4.79 Å². The van der Waals surface area contributed by atoms with Crippen LogP contribution >= 0.6 is 0 Å². The summed E-state index contributed by atoms with van der Waals surface area (Å²) in [6.45, 7) is 3.84. The number of carbonyl (C=O) groups excluding carboxylic acids is 1. The monoisotopic (exact) mass is 552 g/mol. The van der Waals surface area contributed by atoms with Gasteiger partial charge >= 0.3 is 0 Å². The average Bonchev–Trinajstić information content (AvgIpc) is 3.91. The molecule has 0 radical (unpaired) electrons. The third kappa shape index (κ3) is 5.22. The lowest BCUT2D eigenvalue weighted by atomic mass is 10.0. The molecule has 1 amide bonds. The molecule has 9 heteroatoms. The number of aryl methyl sites for hydroxylation is 1. The summed E-state index contributed by atoms with van der Waals surface area (Å²) in [6.07, 6.45) is 9.56. The zero-order chi connectivity index (χ0) is 28.0. The summed E-state index contributed by atoms with van der Waals surface area (Å²) in [5, 5.41) is 11.0. The van der Waals surface area contributed by atoms with Crippen LogP contribution in [0.5, 0.6) is 11.6 Å². The number of aromatic nitrogens is 3. The number of amides is 1. The Balaban J connectivity index is 1.18. The van der Waals surface area contributed by atoms with Gasteiger partial charge in [0.15, 0.2) is 0 Å². The van der Waals surface area contributed by atoms with Crippen LogP contribution in [0.3, 0.4) is 0 Å². The number of nitrogens with one attached hydrogen (secondary N) is 3. The predicted octanol–water partition coefficient (Wildman–Crippen LogP) is 6.22. The van der Waals surface area contributed by atoms with Crippen molar-refractivity contribution in [1.82, 2.24) is 20.3 Å². The second kappa shape index (κ2) is 10.4. The van der Waals surface area contributed by atoms with Crippen molar-refractivity contribution < 1.29 is 13.9 Å². The summed E-state index contributed by atoms with van der Waals surface area (Å²) in [7, 11) is 0. The molecule has 1 aliphatic heterocycles. The van der Waals surface area contributed by atoms with Gasteiger partial charge in [-0.2, -0.15) is 0 Å². The number of ether oxygens (including phenoxy) is 1. The maximum absolute atomic E-state index is 15.1. The molecule has 2 aliphatic carbocycles. The molecule has 0 bridgehead atoms. The van der Waals surface area contributed by atoms with E-state index in [0.717, 1.165) is 37.9 Å². The van der Waals surface area contributed by atoms with E-state index in [0.29, 0.717) is 57.4 Å². The van der Waals surface area contributed by atoms with Crippen molar-refractivity contribution in [2.24, 2.45) is 11.3 Å². The third-order valence-corrected chi connectivity index (χ3v) is 8.78. The Labute approximate surface area is 238 Å². The smallest absolute Gasteiger partial charge is 0.228 e. The summed E-state index contributed by atoms with van der Waals surface area (Å²) in [5.41, 5.74) is 2.86. The number of hydrogen-bond donors (Lipinski definition) is 3. The van der Waals surface area contributed by atoms with Gasteiger partial charge in [-0.05, 0) is 92.8 Å². The van der Waals surface area contributed by atoms with Gasteiger partial charge in [0, 0.05) is 42.2 Å². The molecular formula is C32H33FN6O2. The van der Waals surface area contributed by atoms with E-state index in [-0.39, 0.29) is 17.6 Å². The number of carbonyl (C=O) groups is 1. The summed E-state index contributed by atoms with van der Waals surface area (Å²) >= 11 is 0. The van der Waals surface area contributed by atoms with E-state index >= 15 is 4.39 Å². The van der Waals surface area contributed by atoms with E-state index < -0.39 is 5.82 Å². The molecule has 3 aliphatic rings. The Kier molecular flexibility index (Phi) is 6.54. The molecular weight excluding hydrogens is 519 g/mol. The zero-order valence-corrected chi connectivity index (χ0v) is 23.0. The standard InChI is InChI=1S/C32H33FN6O2/c1-19-6-7-22-23(8-9-25(33)28(22)39-27(40)16-20-17-32(20)11-12-32)29(19)41-30-24(5-3-14-35-30)26-10-15-36-31(38-26)37-21-4-2-13-34-18-21/h3,5-10,14-15,20-21,34H,2,4,11-13,16-18H2,1H3,(H,39,40)(H,36,37,38)/t20-,21-/m0/s1. The molecule has 2 aromatic carbocycles. The van der Waals surface area contributed by atoms with Gasteiger partial charge in [0.25, 0.3) is 0 Å². The minimum Gasteiger partial charge on any atom is -0.437 e. The van der Waals surface area contributed by atoms with E-state index in [4.69, 9.17) is 9.72 Å². The van der Waals surface area contributed by atoms with E-state index in [1.165, 1.54) is 18.9 Å². The van der Waals surface area contributed by atoms with Crippen molar-refractivity contribution in [3.8, 4) is 22.9 Å². The highest BCUT2D eigenvalue weighted by molar-refractivity contribution is 6.05. The van der Waals surface area contributed by atoms with Crippen LogP contribution in [0, 0.1) is 24.1 Å². The summed E-state index contributed by atoms with van der Waals surface area (Å²) in [5.74, 6) is 1.31. The molecule has 1 saturated heterocycles. The van der Waals surface area contributed by atoms with Gasteiger partial charge in [-0.3, -0.25) is 4.79 Å². The van der Waals surface area contributed by atoms with Crippen LogP contribution < -0.4 is 20.7 Å².